The van der Waals surface area contributed by atoms with E-state index in [-0.39, 0.29) is 10.0 Å². The van der Waals surface area contributed by atoms with E-state index in [1.54, 1.807) is 0 Å². The van der Waals surface area contributed by atoms with Crippen LogP contribution in [-0.4, -0.2) is 0 Å². The average molecular weight is 247 g/mol. The molecule has 0 saturated heterocycles. The number of hydrogen-bond donors (Lipinski definition) is 0. The lowest BCUT2D eigenvalue weighted by Gasteiger charge is -2.11. The van der Waals surface area contributed by atoms with Gasteiger partial charge in [-0.2, -0.15) is 13.2 Å². The minimum Gasteiger partial charge on any atom is -0.246 e. The molecule has 1 aromatic rings. The van der Waals surface area contributed by atoms with Crippen LogP contribution in [0.1, 0.15) is 11.1 Å². The van der Waals surface area contributed by atoms with Gasteiger partial charge >= 0.3 is 6.18 Å². The fourth-order valence-corrected chi connectivity index (χ4v) is 1.31. The van der Waals surface area contributed by atoms with Crippen LogP contribution in [0.5, 0.6) is 0 Å². The summed E-state index contributed by atoms with van der Waals surface area (Å²) in [6, 6.07) is 1.51. The van der Waals surface area contributed by atoms with Crippen LogP contribution in [0.4, 0.5) is 17.6 Å². The molecule has 0 aliphatic carbocycles. The van der Waals surface area contributed by atoms with Crippen molar-refractivity contribution in [3.63, 3.8) is 0 Å². The van der Waals surface area contributed by atoms with Crippen LogP contribution < -0.4 is 0 Å². The Kier molecular flexibility index (Phi) is 3.27. The summed E-state index contributed by atoms with van der Waals surface area (Å²) in [7, 11) is 0. The Balaban J connectivity index is 3.35. The molecule has 1 aromatic carbocycles. The van der Waals surface area contributed by atoms with E-state index in [1.165, 1.54) is 0 Å². The molecule has 0 atom stereocenters. The molecular weight excluding hydrogens is 243 g/mol. The predicted molar refractivity (Wildman–Crippen MR) is 46.3 cm³/mol. The van der Waals surface area contributed by atoms with Crippen molar-refractivity contribution in [3.8, 4) is 0 Å². The lowest BCUT2D eigenvalue weighted by atomic mass is 10.1. The summed E-state index contributed by atoms with van der Waals surface area (Å²) in [5.74, 6) is 0. The molecule has 0 heterocycles. The zero-order valence-electron chi connectivity index (χ0n) is 6.63. The topological polar surface area (TPSA) is 0 Å². The molecule has 0 aliphatic heterocycles. The first-order chi connectivity index (χ1) is 6.36. The highest BCUT2D eigenvalue weighted by molar-refractivity contribution is 6.42. The molecule has 0 spiro atoms. The summed E-state index contributed by atoms with van der Waals surface area (Å²) in [4.78, 5) is 0. The van der Waals surface area contributed by atoms with Crippen molar-refractivity contribution in [1.29, 1.82) is 0 Å². The molecule has 6 heteroatoms. The van der Waals surface area contributed by atoms with E-state index in [4.69, 9.17) is 23.2 Å². The van der Waals surface area contributed by atoms with Crippen molar-refractivity contribution in [2.24, 2.45) is 0 Å². The molecule has 1 rings (SSSR count). The second-order valence-corrected chi connectivity index (χ2v) is 3.37. The Morgan fingerprint density at radius 2 is 1.57 bits per heavy atom. The number of hydrogen-bond acceptors (Lipinski definition) is 0. The largest absolute Gasteiger partial charge is 0.416 e. The van der Waals surface area contributed by atoms with Crippen molar-refractivity contribution in [3.05, 3.63) is 33.3 Å². The third-order valence-electron chi connectivity index (χ3n) is 1.60. The van der Waals surface area contributed by atoms with Gasteiger partial charge in [-0.3, -0.25) is 0 Å². The second kappa shape index (κ2) is 3.95. The molecule has 0 amide bonds. The quantitative estimate of drug-likeness (QED) is 0.641. The molecule has 0 aromatic heterocycles. The standard InChI is InChI=1S/C8H4Cl2F4/c9-6-1-4(3-11)5(2-7(6)10)8(12,13)14/h1-2H,3H2. The summed E-state index contributed by atoms with van der Waals surface area (Å²) in [6.45, 7) is -1.23. The zero-order chi connectivity index (χ0) is 10.9. The first kappa shape index (κ1) is 11.6. The fourth-order valence-electron chi connectivity index (χ4n) is 0.962. The van der Waals surface area contributed by atoms with Gasteiger partial charge in [0.05, 0.1) is 15.6 Å². The van der Waals surface area contributed by atoms with Crippen molar-refractivity contribution in [1.82, 2.24) is 0 Å². The van der Waals surface area contributed by atoms with Crippen LogP contribution in [0.25, 0.3) is 0 Å². The summed E-state index contributed by atoms with van der Waals surface area (Å²) < 4.78 is 49.1. The molecule has 0 radical (unpaired) electrons. The number of benzene rings is 1. The first-order valence-electron chi connectivity index (χ1n) is 3.47. The predicted octanol–water partition coefficient (Wildman–Crippen LogP) is 4.48. The Morgan fingerprint density at radius 3 is 2.00 bits per heavy atom. The van der Waals surface area contributed by atoms with Gasteiger partial charge in [0.25, 0.3) is 0 Å². The minimum atomic E-state index is -4.62. The molecule has 78 valence electrons. The maximum absolute atomic E-state index is 12.3. The normalized spacial score (nSPS) is 11.9. The van der Waals surface area contributed by atoms with Crippen molar-refractivity contribution in [2.45, 2.75) is 12.9 Å². The third kappa shape index (κ3) is 2.30. The number of halogens is 6. The first-order valence-corrected chi connectivity index (χ1v) is 4.23. The van der Waals surface area contributed by atoms with Gasteiger partial charge in [0, 0.05) is 0 Å². The summed E-state index contributed by atoms with van der Waals surface area (Å²) in [5, 5.41) is -0.330. The fraction of sp³-hybridized carbons (Fsp3) is 0.250. The summed E-state index contributed by atoms with van der Waals surface area (Å²) in [5.41, 5.74) is -1.60. The second-order valence-electron chi connectivity index (χ2n) is 2.55. The smallest absolute Gasteiger partial charge is 0.246 e. The maximum atomic E-state index is 12.3. The Bertz CT molecular complexity index is 346. The van der Waals surface area contributed by atoms with E-state index in [1.807, 2.05) is 0 Å². The van der Waals surface area contributed by atoms with E-state index in [9.17, 15) is 17.6 Å². The van der Waals surface area contributed by atoms with Gasteiger partial charge in [0.2, 0.25) is 0 Å². The van der Waals surface area contributed by atoms with E-state index in [0.717, 1.165) is 6.07 Å². The summed E-state index contributed by atoms with van der Waals surface area (Å²) in [6.07, 6.45) is -4.62. The Morgan fingerprint density at radius 1 is 1.07 bits per heavy atom. The summed E-state index contributed by atoms with van der Waals surface area (Å²) >= 11 is 10.8. The Labute approximate surface area is 87.4 Å². The van der Waals surface area contributed by atoms with Crippen LogP contribution in [0, 0.1) is 0 Å². The molecule has 0 nitrogen and oxygen atoms in total. The molecule has 0 unspecified atom stereocenters. The van der Waals surface area contributed by atoms with Crippen molar-refractivity contribution in [2.75, 3.05) is 0 Å². The highest BCUT2D eigenvalue weighted by Gasteiger charge is 2.34. The monoisotopic (exact) mass is 246 g/mol. The number of rotatable bonds is 1. The highest BCUT2D eigenvalue weighted by Crippen LogP contribution is 2.36. The van der Waals surface area contributed by atoms with Crippen LogP contribution >= 0.6 is 23.2 Å². The van der Waals surface area contributed by atoms with Gasteiger partial charge in [-0.25, -0.2) is 4.39 Å². The molecule has 14 heavy (non-hydrogen) atoms. The van der Waals surface area contributed by atoms with Gasteiger partial charge in [-0.05, 0) is 17.7 Å². The van der Waals surface area contributed by atoms with Crippen LogP contribution in [0.3, 0.4) is 0 Å². The van der Waals surface area contributed by atoms with E-state index in [0.29, 0.717) is 6.07 Å². The third-order valence-corrected chi connectivity index (χ3v) is 2.32. The van der Waals surface area contributed by atoms with E-state index in [2.05, 4.69) is 0 Å². The molecule has 0 N–H and O–H groups in total. The minimum absolute atomic E-state index is 0.0904. The molecule has 0 fully saturated rings. The van der Waals surface area contributed by atoms with Gasteiger partial charge in [0.1, 0.15) is 6.67 Å². The van der Waals surface area contributed by atoms with Crippen LogP contribution in [0.2, 0.25) is 10.0 Å². The molecular formula is C8H4Cl2F4. The van der Waals surface area contributed by atoms with Crippen LogP contribution in [-0.2, 0) is 12.9 Å². The van der Waals surface area contributed by atoms with Crippen LogP contribution in [0.15, 0.2) is 12.1 Å². The Hall–Kier alpha value is -0.480. The van der Waals surface area contributed by atoms with E-state index >= 15 is 0 Å². The maximum Gasteiger partial charge on any atom is 0.416 e. The van der Waals surface area contributed by atoms with Crippen molar-refractivity contribution < 1.29 is 17.6 Å². The zero-order valence-corrected chi connectivity index (χ0v) is 8.14. The molecule has 0 aliphatic rings. The molecule has 0 saturated carbocycles. The molecule has 0 bridgehead atoms. The van der Waals surface area contributed by atoms with Gasteiger partial charge in [-0.15, -0.1) is 0 Å². The lowest BCUT2D eigenvalue weighted by Crippen LogP contribution is -2.08. The lowest BCUT2D eigenvalue weighted by molar-refractivity contribution is -0.138. The van der Waals surface area contributed by atoms with Crippen molar-refractivity contribution >= 4 is 23.2 Å². The number of alkyl halides is 4. The SMILES string of the molecule is FCc1cc(Cl)c(Cl)cc1C(F)(F)F. The van der Waals surface area contributed by atoms with Gasteiger partial charge in [0.15, 0.2) is 0 Å². The van der Waals surface area contributed by atoms with E-state index < -0.39 is 24.0 Å². The average Bonchev–Trinajstić information content (AvgIpc) is 2.07. The highest BCUT2D eigenvalue weighted by atomic mass is 35.5. The van der Waals surface area contributed by atoms with Gasteiger partial charge < -0.3 is 0 Å². The van der Waals surface area contributed by atoms with Gasteiger partial charge in [-0.1, -0.05) is 23.2 Å².